The van der Waals surface area contributed by atoms with Crippen LogP contribution in [0, 0.1) is 0 Å². The minimum absolute atomic E-state index is 0.0621. The van der Waals surface area contributed by atoms with E-state index in [9.17, 15) is 18.0 Å². The lowest BCUT2D eigenvalue weighted by atomic mass is 9.87. The van der Waals surface area contributed by atoms with E-state index in [1.807, 2.05) is 37.3 Å². The summed E-state index contributed by atoms with van der Waals surface area (Å²) in [5.74, 6) is -1.48. The average Bonchev–Trinajstić information content (AvgIpc) is 3.02. The Kier molecular flexibility index (Phi) is 10.3. The molecule has 0 radical (unpaired) electrons. The van der Waals surface area contributed by atoms with Crippen molar-refractivity contribution in [3.05, 3.63) is 64.7 Å². The molecule has 0 bridgehead atoms. The van der Waals surface area contributed by atoms with Crippen molar-refractivity contribution in [2.45, 2.75) is 69.9 Å². The Morgan fingerprint density at radius 3 is 2.21 bits per heavy atom. The van der Waals surface area contributed by atoms with Gasteiger partial charge < -0.3 is 14.2 Å². The van der Waals surface area contributed by atoms with Gasteiger partial charge in [-0.1, -0.05) is 57.0 Å². The van der Waals surface area contributed by atoms with Gasteiger partial charge in [0.05, 0.1) is 37.0 Å². The van der Waals surface area contributed by atoms with Gasteiger partial charge in [0, 0.05) is 11.1 Å². The van der Waals surface area contributed by atoms with Crippen molar-refractivity contribution in [1.29, 1.82) is 0 Å². The number of rotatable bonds is 11. The molecule has 8 nitrogen and oxygen atoms in total. The van der Waals surface area contributed by atoms with Crippen LogP contribution in [0.5, 0.6) is 5.75 Å². The maximum Gasteiger partial charge on any atom is 0.345 e. The number of unbranched alkanes of at least 4 members (excludes halogenated alkanes) is 1. The zero-order chi connectivity index (χ0) is 28.6. The smallest absolute Gasteiger partial charge is 0.345 e. The Hall–Kier alpha value is -3.17. The van der Waals surface area contributed by atoms with E-state index in [1.54, 1.807) is 19.9 Å². The second-order valence-electron chi connectivity index (χ2n) is 9.62. The SMILES string of the molecule is CCCC[C@]1(CC)CS(=O)(=O)c2cc(C=C(C(=O)OCC)C(=O)OCC)c(OC)cc2[C@@H](c2ccccc2)N1. The van der Waals surface area contributed by atoms with Crippen LogP contribution >= 0.6 is 0 Å². The molecule has 9 heteroatoms. The molecule has 2 atom stereocenters. The number of hydrogen-bond acceptors (Lipinski definition) is 8. The van der Waals surface area contributed by atoms with E-state index in [4.69, 9.17) is 14.2 Å². The van der Waals surface area contributed by atoms with Crippen molar-refractivity contribution in [2.24, 2.45) is 0 Å². The van der Waals surface area contributed by atoms with Crippen molar-refractivity contribution < 1.29 is 32.2 Å². The second kappa shape index (κ2) is 13.3. The van der Waals surface area contributed by atoms with Crippen molar-refractivity contribution in [3.63, 3.8) is 0 Å². The zero-order valence-corrected chi connectivity index (χ0v) is 24.2. The monoisotopic (exact) mass is 557 g/mol. The van der Waals surface area contributed by atoms with E-state index >= 15 is 0 Å². The highest BCUT2D eigenvalue weighted by atomic mass is 32.2. The molecular weight excluding hydrogens is 518 g/mol. The highest BCUT2D eigenvalue weighted by Crippen LogP contribution is 2.41. The summed E-state index contributed by atoms with van der Waals surface area (Å²) in [4.78, 5) is 25.4. The van der Waals surface area contributed by atoms with Gasteiger partial charge in [0.25, 0.3) is 0 Å². The fourth-order valence-corrected chi connectivity index (χ4v) is 7.12. The lowest BCUT2D eigenvalue weighted by Gasteiger charge is -2.36. The molecule has 0 saturated carbocycles. The molecule has 0 spiro atoms. The topological polar surface area (TPSA) is 108 Å². The number of fused-ring (bicyclic) bond motifs is 1. The minimum Gasteiger partial charge on any atom is -0.496 e. The predicted molar refractivity (Wildman–Crippen MR) is 150 cm³/mol. The van der Waals surface area contributed by atoms with Gasteiger partial charge in [0.15, 0.2) is 9.84 Å². The molecule has 0 fully saturated rings. The summed E-state index contributed by atoms with van der Waals surface area (Å²) in [6.07, 6.45) is 4.44. The largest absolute Gasteiger partial charge is 0.496 e. The fourth-order valence-electron chi connectivity index (χ4n) is 4.97. The molecule has 1 aliphatic heterocycles. The maximum absolute atomic E-state index is 14.0. The van der Waals surface area contributed by atoms with Crippen LogP contribution in [0.1, 0.15) is 76.1 Å². The number of sulfone groups is 1. The second-order valence-corrected chi connectivity index (χ2v) is 11.6. The molecule has 2 aromatic rings. The summed E-state index contributed by atoms with van der Waals surface area (Å²) in [6.45, 7) is 7.48. The summed E-state index contributed by atoms with van der Waals surface area (Å²) in [7, 11) is -2.33. The van der Waals surface area contributed by atoms with E-state index in [2.05, 4.69) is 12.2 Å². The van der Waals surface area contributed by atoms with Gasteiger partial charge in [0.1, 0.15) is 11.3 Å². The van der Waals surface area contributed by atoms with Crippen LogP contribution in [0.15, 0.2) is 52.9 Å². The highest BCUT2D eigenvalue weighted by molar-refractivity contribution is 7.91. The third-order valence-electron chi connectivity index (χ3n) is 7.03. The van der Waals surface area contributed by atoms with E-state index in [0.717, 1.165) is 18.4 Å². The number of ether oxygens (including phenoxy) is 3. The fraction of sp³-hybridized carbons (Fsp3) is 0.467. The molecule has 0 aliphatic carbocycles. The van der Waals surface area contributed by atoms with Gasteiger partial charge >= 0.3 is 11.9 Å². The lowest BCUT2D eigenvalue weighted by Crippen LogP contribution is -2.50. The van der Waals surface area contributed by atoms with Crippen LogP contribution < -0.4 is 10.1 Å². The predicted octanol–water partition coefficient (Wildman–Crippen LogP) is 5.01. The van der Waals surface area contributed by atoms with Crippen LogP contribution in [-0.2, 0) is 28.9 Å². The van der Waals surface area contributed by atoms with E-state index < -0.39 is 33.4 Å². The molecule has 0 aromatic heterocycles. The first-order valence-electron chi connectivity index (χ1n) is 13.5. The van der Waals surface area contributed by atoms with Crippen molar-refractivity contribution >= 4 is 27.9 Å². The van der Waals surface area contributed by atoms with Gasteiger partial charge in [-0.15, -0.1) is 0 Å². The Bertz CT molecular complexity index is 1280. The summed E-state index contributed by atoms with van der Waals surface area (Å²) in [5.41, 5.74) is 0.760. The molecule has 39 heavy (non-hydrogen) atoms. The average molecular weight is 558 g/mol. The minimum atomic E-state index is -3.79. The lowest BCUT2D eigenvalue weighted by molar-refractivity contribution is -0.146. The van der Waals surface area contributed by atoms with Gasteiger partial charge in [-0.2, -0.15) is 0 Å². The maximum atomic E-state index is 14.0. The van der Waals surface area contributed by atoms with Gasteiger partial charge in [-0.05, 0) is 56.0 Å². The molecule has 0 unspecified atom stereocenters. The molecule has 1 heterocycles. The molecule has 2 aromatic carbocycles. The number of benzene rings is 2. The molecule has 1 aliphatic rings. The third-order valence-corrected chi connectivity index (χ3v) is 8.99. The zero-order valence-electron chi connectivity index (χ0n) is 23.4. The number of carbonyl (C=O) groups excluding carboxylic acids is 2. The van der Waals surface area contributed by atoms with Crippen LogP contribution in [-0.4, -0.2) is 52.0 Å². The Labute approximate surface area is 231 Å². The molecule has 212 valence electrons. The first-order valence-corrected chi connectivity index (χ1v) is 15.1. The van der Waals surface area contributed by atoms with E-state index in [0.29, 0.717) is 24.2 Å². The quantitative estimate of drug-likeness (QED) is 0.178. The first-order chi connectivity index (χ1) is 18.6. The number of carbonyl (C=O) groups is 2. The first kappa shape index (κ1) is 30.4. The Balaban J connectivity index is 2.31. The number of nitrogens with one attached hydrogen (secondary N) is 1. The summed E-state index contributed by atoms with van der Waals surface area (Å²) >= 11 is 0. The number of hydrogen-bond donors (Lipinski definition) is 1. The third kappa shape index (κ3) is 6.89. The standard InChI is InChI=1S/C30H39NO7S/c1-6-10-16-30(7-2)20-39(34,35)26-18-22(17-24(28(32)37-8-3)29(33)38-9-4)25(36-5)19-23(26)27(31-30)21-14-12-11-13-15-21/h11-15,17-19,27,31H,6-10,16,20H2,1-5H3/t27-,30-/m1/s1. The van der Waals surface area contributed by atoms with Crippen LogP contribution in [0.3, 0.4) is 0 Å². The molecule has 0 amide bonds. The van der Waals surface area contributed by atoms with Gasteiger partial charge in [-0.25, -0.2) is 18.0 Å². The Morgan fingerprint density at radius 2 is 1.67 bits per heavy atom. The van der Waals surface area contributed by atoms with Crippen molar-refractivity contribution in [1.82, 2.24) is 5.32 Å². The summed E-state index contributed by atoms with van der Waals surface area (Å²) in [6, 6.07) is 12.5. The summed E-state index contributed by atoms with van der Waals surface area (Å²) in [5, 5.41) is 3.73. The summed E-state index contributed by atoms with van der Waals surface area (Å²) < 4.78 is 43.9. The van der Waals surface area contributed by atoms with Gasteiger partial charge in [-0.3, -0.25) is 5.32 Å². The van der Waals surface area contributed by atoms with Crippen LogP contribution in [0.2, 0.25) is 0 Å². The van der Waals surface area contributed by atoms with E-state index in [-0.39, 0.29) is 35.0 Å². The van der Waals surface area contributed by atoms with Gasteiger partial charge in [0.2, 0.25) is 0 Å². The number of esters is 2. The van der Waals surface area contributed by atoms with Crippen molar-refractivity contribution in [3.8, 4) is 5.75 Å². The highest BCUT2D eigenvalue weighted by Gasteiger charge is 2.42. The number of methoxy groups -OCH3 is 1. The molecular formula is C30H39NO7S. The molecule has 0 saturated heterocycles. The molecule has 1 N–H and O–H groups in total. The van der Waals surface area contributed by atoms with Crippen molar-refractivity contribution in [2.75, 3.05) is 26.1 Å². The van der Waals surface area contributed by atoms with E-state index in [1.165, 1.54) is 19.3 Å². The van der Waals surface area contributed by atoms with Crippen LogP contribution in [0.4, 0.5) is 0 Å². The molecule has 3 rings (SSSR count). The normalized spacial score (nSPS) is 19.8. The Morgan fingerprint density at radius 1 is 1.03 bits per heavy atom. The van der Waals surface area contributed by atoms with Crippen LogP contribution in [0.25, 0.3) is 6.08 Å².